The number of hydrogen-bond donors (Lipinski definition) is 0. The van der Waals surface area contributed by atoms with Crippen LogP contribution < -0.4 is 4.74 Å². The molecule has 16 heavy (non-hydrogen) atoms. The number of rotatable bonds is 5. The number of carbonyl (C=O) groups is 1. The van der Waals surface area contributed by atoms with Gasteiger partial charge >= 0.3 is 0 Å². The zero-order chi connectivity index (χ0) is 12.1. The Hall–Kier alpha value is -1.16. The van der Waals surface area contributed by atoms with Gasteiger partial charge in [0.15, 0.2) is 5.78 Å². The molecule has 0 bridgehead atoms. The van der Waals surface area contributed by atoms with Crippen LogP contribution in [0.3, 0.4) is 0 Å². The highest BCUT2D eigenvalue weighted by Gasteiger charge is 2.13. The molecule has 1 aromatic rings. The van der Waals surface area contributed by atoms with Gasteiger partial charge in [-0.2, -0.15) is 0 Å². The smallest absolute Gasteiger partial charge is 0.175 e. The lowest BCUT2D eigenvalue weighted by atomic mass is 10.1. The molecule has 1 rings (SSSR count). The Morgan fingerprint density at radius 1 is 1.44 bits per heavy atom. The van der Waals surface area contributed by atoms with E-state index in [-0.39, 0.29) is 16.8 Å². The van der Waals surface area contributed by atoms with Crippen molar-refractivity contribution in [3.8, 4) is 5.75 Å². The zero-order valence-corrected chi connectivity index (χ0v) is 10.5. The Morgan fingerprint density at radius 2 is 2.12 bits per heavy atom. The molecule has 0 aromatic heterocycles. The predicted molar refractivity (Wildman–Crippen MR) is 65.5 cm³/mol. The molecule has 3 nitrogen and oxygen atoms in total. The highest BCUT2D eigenvalue weighted by atomic mass is 32.2. The number of ether oxygens (including phenoxy) is 1. The molecule has 1 atom stereocenters. The van der Waals surface area contributed by atoms with E-state index in [1.165, 1.54) is 0 Å². The highest BCUT2D eigenvalue weighted by Crippen LogP contribution is 2.13. The molecule has 0 aliphatic rings. The van der Waals surface area contributed by atoms with Crippen molar-refractivity contribution in [3.05, 3.63) is 29.8 Å². The number of ketones is 1. The average Bonchev–Trinajstić information content (AvgIpc) is 2.28. The van der Waals surface area contributed by atoms with E-state index in [0.29, 0.717) is 11.3 Å². The lowest BCUT2D eigenvalue weighted by molar-refractivity contribution is 0.102. The first-order valence-electron chi connectivity index (χ1n) is 5.09. The van der Waals surface area contributed by atoms with Gasteiger partial charge in [0.1, 0.15) is 5.75 Å². The quantitative estimate of drug-likeness (QED) is 0.740. The van der Waals surface area contributed by atoms with E-state index in [2.05, 4.69) is 0 Å². The van der Waals surface area contributed by atoms with Gasteiger partial charge in [-0.25, -0.2) is 0 Å². The summed E-state index contributed by atoms with van der Waals surface area (Å²) < 4.78 is 16.6. The van der Waals surface area contributed by atoms with Gasteiger partial charge in [-0.15, -0.1) is 0 Å². The summed E-state index contributed by atoms with van der Waals surface area (Å²) in [5.74, 6) is 0.609. The van der Waals surface area contributed by atoms with E-state index in [1.807, 2.05) is 13.8 Å². The Labute approximate surface area is 98.3 Å². The van der Waals surface area contributed by atoms with E-state index in [4.69, 9.17) is 4.74 Å². The molecule has 0 N–H and O–H groups in total. The summed E-state index contributed by atoms with van der Waals surface area (Å²) in [7, 11) is 0.450. The van der Waals surface area contributed by atoms with Crippen LogP contribution in [0.15, 0.2) is 24.3 Å². The highest BCUT2D eigenvalue weighted by molar-refractivity contribution is 7.86. The van der Waals surface area contributed by atoms with Gasteiger partial charge in [-0.05, 0) is 12.1 Å². The van der Waals surface area contributed by atoms with Crippen LogP contribution in [0.25, 0.3) is 0 Å². The fourth-order valence-corrected chi connectivity index (χ4v) is 1.93. The number of benzene rings is 1. The van der Waals surface area contributed by atoms with Crippen LogP contribution in [0, 0.1) is 0 Å². The standard InChI is InChI=1S/C12H16O3S/c1-9(2)16(14)8-12(13)10-5-4-6-11(7-10)15-3/h4-7,9H,8H2,1-3H3. The SMILES string of the molecule is COc1cccc(C(=O)CS(=O)C(C)C)c1. The summed E-state index contributed by atoms with van der Waals surface area (Å²) in [6, 6.07) is 6.91. The Bertz CT molecular complexity index is 399. The molecule has 1 unspecified atom stereocenters. The van der Waals surface area contributed by atoms with Crippen molar-refractivity contribution in [1.82, 2.24) is 0 Å². The van der Waals surface area contributed by atoms with Gasteiger partial charge in [0.25, 0.3) is 0 Å². The Morgan fingerprint density at radius 3 is 2.69 bits per heavy atom. The summed E-state index contributed by atoms with van der Waals surface area (Å²) in [4.78, 5) is 11.8. The van der Waals surface area contributed by atoms with Crippen molar-refractivity contribution in [2.75, 3.05) is 12.9 Å². The third-order valence-electron chi connectivity index (χ3n) is 2.19. The summed E-state index contributed by atoms with van der Waals surface area (Å²) >= 11 is 0. The van der Waals surface area contributed by atoms with Gasteiger partial charge in [0.2, 0.25) is 0 Å². The molecule has 0 heterocycles. The van der Waals surface area contributed by atoms with Crippen LogP contribution in [-0.4, -0.2) is 28.1 Å². The molecule has 0 spiro atoms. The van der Waals surface area contributed by atoms with Crippen LogP contribution in [0.5, 0.6) is 5.75 Å². The summed E-state index contributed by atoms with van der Waals surface area (Å²) in [6.07, 6.45) is 0. The number of carbonyl (C=O) groups excluding carboxylic acids is 1. The Kier molecular flexibility index (Phi) is 4.68. The van der Waals surface area contributed by atoms with Gasteiger partial charge in [-0.3, -0.25) is 9.00 Å². The second kappa shape index (κ2) is 5.80. The lowest BCUT2D eigenvalue weighted by Gasteiger charge is -2.06. The molecular formula is C12H16O3S. The number of Topliss-reactive ketones (excluding diaryl/α,β-unsaturated/α-hetero) is 1. The second-order valence-corrected chi connectivity index (χ2v) is 5.72. The minimum Gasteiger partial charge on any atom is -0.497 e. The molecule has 0 amide bonds. The predicted octanol–water partition coefficient (Wildman–Crippen LogP) is 2.04. The molecule has 4 heteroatoms. The van der Waals surface area contributed by atoms with Crippen LogP contribution >= 0.6 is 0 Å². The molecule has 0 radical (unpaired) electrons. The largest absolute Gasteiger partial charge is 0.497 e. The monoisotopic (exact) mass is 240 g/mol. The molecule has 0 saturated carbocycles. The zero-order valence-electron chi connectivity index (χ0n) is 9.73. The summed E-state index contributed by atoms with van der Waals surface area (Å²) in [5, 5.41) is 0.00885. The minimum atomic E-state index is -1.10. The summed E-state index contributed by atoms with van der Waals surface area (Å²) in [5.41, 5.74) is 0.549. The maximum atomic E-state index is 11.8. The number of hydrogen-bond acceptors (Lipinski definition) is 3. The first-order chi connectivity index (χ1) is 7.54. The van der Waals surface area contributed by atoms with Gasteiger partial charge < -0.3 is 4.74 Å². The molecule has 0 aliphatic heterocycles. The molecular weight excluding hydrogens is 224 g/mol. The van der Waals surface area contributed by atoms with Gasteiger partial charge in [0, 0.05) is 21.6 Å². The summed E-state index contributed by atoms with van der Waals surface area (Å²) in [6.45, 7) is 3.68. The van der Waals surface area contributed by atoms with Gasteiger partial charge in [0.05, 0.1) is 12.9 Å². The first kappa shape index (κ1) is 12.9. The lowest BCUT2D eigenvalue weighted by Crippen LogP contribution is -2.17. The third-order valence-corrected chi connectivity index (χ3v) is 3.79. The molecule has 0 saturated heterocycles. The average molecular weight is 240 g/mol. The molecule has 88 valence electrons. The van der Waals surface area contributed by atoms with E-state index < -0.39 is 10.8 Å². The van der Waals surface area contributed by atoms with Crippen LogP contribution in [-0.2, 0) is 10.8 Å². The van der Waals surface area contributed by atoms with Crippen molar-refractivity contribution in [3.63, 3.8) is 0 Å². The fraction of sp³-hybridized carbons (Fsp3) is 0.417. The van der Waals surface area contributed by atoms with Gasteiger partial charge in [-0.1, -0.05) is 26.0 Å². The van der Waals surface area contributed by atoms with Crippen molar-refractivity contribution in [1.29, 1.82) is 0 Å². The van der Waals surface area contributed by atoms with E-state index in [9.17, 15) is 9.00 Å². The third kappa shape index (κ3) is 3.45. The topological polar surface area (TPSA) is 43.4 Å². The Balaban J connectivity index is 2.76. The van der Waals surface area contributed by atoms with E-state index in [1.54, 1.807) is 31.4 Å². The number of methoxy groups -OCH3 is 1. The van der Waals surface area contributed by atoms with Crippen molar-refractivity contribution in [2.45, 2.75) is 19.1 Å². The minimum absolute atomic E-state index is 0.00885. The van der Waals surface area contributed by atoms with E-state index in [0.717, 1.165) is 0 Å². The second-order valence-electron chi connectivity index (χ2n) is 3.73. The van der Waals surface area contributed by atoms with Crippen molar-refractivity contribution >= 4 is 16.6 Å². The maximum Gasteiger partial charge on any atom is 0.175 e. The molecule has 1 aromatic carbocycles. The van der Waals surface area contributed by atoms with E-state index >= 15 is 0 Å². The first-order valence-corrected chi connectivity index (χ1v) is 6.47. The van der Waals surface area contributed by atoms with Crippen molar-refractivity contribution in [2.24, 2.45) is 0 Å². The maximum absolute atomic E-state index is 11.8. The van der Waals surface area contributed by atoms with Crippen LogP contribution in [0.2, 0.25) is 0 Å². The van der Waals surface area contributed by atoms with Crippen LogP contribution in [0.4, 0.5) is 0 Å². The van der Waals surface area contributed by atoms with Crippen molar-refractivity contribution < 1.29 is 13.7 Å². The molecule has 0 aliphatic carbocycles. The van der Waals surface area contributed by atoms with Crippen LogP contribution in [0.1, 0.15) is 24.2 Å². The fourth-order valence-electron chi connectivity index (χ4n) is 1.18. The normalized spacial score (nSPS) is 12.5. The molecule has 0 fully saturated rings.